The molecule has 1 aromatic rings. The van der Waals surface area contributed by atoms with E-state index < -0.39 is 5.97 Å². The number of hydrogen-bond donors (Lipinski definition) is 2. The average Bonchev–Trinajstić information content (AvgIpc) is 2.45. The molecule has 0 bridgehead atoms. The number of benzene rings is 1. The number of nitrogens with zero attached hydrogens (tertiary/aromatic N) is 1. The highest BCUT2D eigenvalue weighted by molar-refractivity contribution is 7.99. The van der Waals surface area contributed by atoms with Crippen LogP contribution in [-0.2, 0) is 4.79 Å². The van der Waals surface area contributed by atoms with Gasteiger partial charge in [-0.25, -0.2) is 4.79 Å². The Balaban J connectivity index is 2.64. The third-order valence-electron chi connectivity index (χ3n) is 2.84. The maximum absolute atomic E-state index is 12.1. The summed E-state index contributed by atoms with van der Waals surface area (Å²) in [5.41, 5.74) is 0.574. The van der Waals surface area contributed by atoms with Crippen LogP contribution in [0.5, 0.6) is 0 Å². The minimum Gasteiger partial charge on any atom is -0.480 e. The van der Waals surface area contributed by atoms with Crippen LogP contribution in [0.2, 0.25) is 0 Å². The van der Waals surface area contributed by atoms with Crippen molar-refractivity contribution in [2.24, 2.45) is 0 Å². The Hall–Kier alpha value is -1.69. The first-order chi connectivity index (χ1) is 9.54. The zero-order valence-electron chi connectivity index (χ0n) is 11.7. The molecule has 0 aliphatic heterocycles. The lowest BCUT2D eigenvalue weighted by Crippen LogP contribution is -2.43. The third kappa shape index (κ3) is 5.52. The molecule has 0 saturated carbocycles. The number of aliphatic carboxylic acids is 1. The lowest BCUT2D eigenvalue weighted by Gasteiger charge is -2.21. The number of carbonyl (C=O) groups is 2. The third-order valence-corrected chi connectivity index (χ3v) is 3.88. The van der Waals surface area contributed by atoms with E-state index in [9.17, 15) is 9.59 Å². The highest BCUT2D eigenvalue weighted by Crippen LogP contribution is 2.13. The van der Waals surface area contributed by atoms with Gasteiger partial charge in [-0.2, -0.15) is 11.8 Å². The quantitative estimate of drug-likeness (QED) is 0.811. The molecule has 0 fully saturated rings. The second kappa shape index (κ2) is 8.47. The zero-order chi connectivity index (χ0) is 15.0. The van der Waals surface area contributed by atoms with E-state index in [1.807, 2.05) is 12.3 Å². The minimum atomic E-state index is -1.04. The molecule has 1 aromatic carbocycles. The number of carboxylic acids is 1. The Morgan fingerprint density at radius 3 is 2.55 bits per heavy atom. The van der Waals surface area contributed by atoms with Crippen LogP contribution in [0.25, 0.3) is 0 Å². The van der Waals surface area contributed by atoms with Gasteiger partial charge in [0, 0.05) is 17.5 Å². The molecule has 20 heavy (non-hydrogen) atoms. The Morgan fingerprint density at radius 2 is 2.00 bits per heavy atom. The van der Waals surface area contributed by atoms with Crippen LogP contribution in [0.15, 0.2) is 30.3 Å². The first-order valence-electron chi connectivity index (χ1n) is 6.39. The number of para-hydroxylation sites is 1. The van der Waals surface area contributed by atoms with Crippen molar-refractivity contribution in [2.45, 2.75) is 18.6 Å². The highest BCUT2D eigenvalue weighted by atomic mass is 32.2. The number of amides is 2. The van der Waals surface area contributed by atoms with Gasteiger partial charge in [0.25, 0.3) is 0 Å². The smallest absolute Gasteiger partial charge is 0.323 e. The first kappa shape index (κ1) is 16.4. The van der Waals surface area contributed by atoms with Gasteiger partial charge in [-0.3, -0.25) is 9.69 Å². The van der Waals surface area contributed by atoms with E-state index in [2.05, 4.69) is 12.2 Å². The number of thioether (sulfide) groups is 1. The molecular weight excluding hydrogens is 276 g/mol. The van der Waals surface area contributed by atoms with Crippen molar-refractivity contribution in [3.05, 3.63) is 30.3 Å². The maximum atomic E-state index is 12.1. The normalized spacial score (nSPS) is 11.7. The number of urea groups is 1. The van der Waals surface area contributed by atoms with Crippen molar-refractivity contribution < 1.29 is 14.7 Å². The van der Waals surface area contributed by atoms with Crippen LogP contribution in [0, 0.1) is 0 Å². The Morgan fingerprint density at radius 1 is 1.35 bits per heavy atom. The van der Waals surface area contributed by atoms with E-state index in [0.717, 1.165) is 6.42 Å². The van der Waals surface area contributed by atoms with Crippen LogP contribution in [0.1, 0.15) is 13.3 Å². The number of nitrogens with one attached hydrogen (secondary N) is 1. The first-order valence-corrected chi connectivity index (χ1v) is 7.68. The van der Waals surface area contributed by atoms with E-state index in [1.54, 1.807) is 36.0 Å². The number of anilines is 1. The van der Waals surface area contributed by atoms with Crippen LogP contribution in [0.3, 0.4) is 0 Å². The van der Waals surface area contributed by atoms with Crippen LogP contribution >= 0.6 is 11.8 Å². The van der Waals surface area contributed by atoms with Crippen molar-refractivity contribution >= 4 is 29.4 Å². The molecule has 0 aliphatic carbocycles. The van der Waals surface area contributed by atoms with Gasteiger partial charge < -0.3 is 10.4 Å². The number of carbonyl (C=O) groups excluding carboxylic acids is 1. The van der Waals surface area contributed by atoms with E-state index in [4.69, 9.17) is 5.11 Å². The molecule has 1 atom stereocenters. The summed E-state index contributed by atoms with van der Waals surface area (Å²) in [7, 11) is 0. The Labute approximate surface area is 123 Å². The van der Waals surface area contributed by atoms with E-state index >= 15 is 0 Å². The molecule has 6 heteroatoms. The number of carboxylic acid groups (broad SMARTS) is 1. The fourth-order valence-corrected chi connectivity index (χ4v) is 1.97. The molecule has 1 unspecified atom stereocenters. The van der Waals surface area contributed by atoms with Gasteiger partial charge in [0.15, 0.2) is 0 Å². The van der Waals surface area contributed by atoms with Crippen molar-refractivity contribution in [1.29, 1.82) is 0 Å². The van der Waals surface area contributed by atoms with Crippen molar-refractivity contribution in [1.82, 2.24) is 5.32 Å². The minimum absolute atomic E-state index is 0.353. The maximum Gasteiger partial charge on any atom is 0.323 e. The molecule has 0 aromatic heterocycles. The molecule has 2 amide bonds. The summed E-state index contributed by atoms with van der Waals surface area (Å²) in [4.78, 5) is 24.2. The predicted molar refractivity (Wildman–Crippen MR) is 82.4 cm³/mol. The molecular formula is C14H20N2O3S. The fraction of sp³-hybridized carbons (Fsp3) is 0.429. The number of rotatable bonds is 7. The van der Waals surface area contributed by atoms with E-state index in [-0.39, 0.29) is 12.6 Å². The standard InChI is InChI=1S/C14H20N2O3S/c1-11(20-2)8-9-15-14(19)16(10-13(17)18)12-6-4-3-5-7-12/h3-7,11H,8-10H2,1-2H3,(H,15,19)(H,17,18). The summed E-state index contributed by atoms with van der Waals surface area (Å²) >= 11 is 1.73. The summed E-state index contributed by atoms with van der Waals surface area (Å²) in [5, 5.41) is 12.1. The topological polar surface area (TPSA) is 69.6 Å². The van der Waals surface area contributed by atoms with Gasteiger partial charge in [0.1, 0.15) is 6.54 Å². The molecule has 0 radical (unpaired) electrons. The molecule has 0 spiro atoms. The van der Waals surface area contributed by atoms with E-state index in [1.165, 1.54) is 4.90 Å². The Bertz CT molecular complexity index is 439. The second-order valence-electron chi connectivity index (χ2n) is 4.38. The van der Waals surface area contributed by atoms with Crippen molar-refractivity contribution in [2.75, 3.05) is 24.2 Å². The van der Waals surface area contributed by atoms with E-state index in [0.29, 0.717) is 17.5 Å². The van der Waals surface area contributed by atoms with Crippen LogP contribution in [0.4, 0.5) is 10.5 Å². The molecule has 5 nitrogen and oxygen atoms in total. The van der Waals surface area contributed by atoms with Gasteiger partial charge in [-0.1, -0.05) is 25.1 Å². The fourth-order valence-electron chi connectivity index (χ4n) is 1.62. The van der Waals surface area contributed by atoms with Gasteiger partial charge in [0.05, 0.1) is 0 Å². The SMILES string of the molecule is CSC(C)CCNC(=O)N(CC(=O)O)c1ccccc1. The summed E-state index contributed by atoms with van der Waals surface area (Å²) in [6, 6.07) is 8.41. The number of hydrogen-bond acceptors (Lipinski definition) is 3. The molecule has 0 heterocycles. The summed E-state index contributed by atoms with van der Waals surface area (Å²) < 4.78 is 0. The predicted octanol–water partition coefficient (Wildman–Crippen LogP) is 2.43. The van der Waals surface area contributed by atoms with Gasteiger partial charge in [-0.05, 0) is 24.8 Å². The zero-order valence-corrected chi connectivity index (χ0v) is 12.5. The summed E-state index contributed by atoms with van der Waals surface area (Å²) in [6.07, 6.45) is 2.87. The van der Waals surface area contributed by atoms with Gasteiger partial charge in [-0.15, -0.1) is 0 Å². The lowest BCUT2D eigenvalue weighted by molar-refractivity contribution is -0.135. The van der Waals surface area contributed by atoms with Gasteiger partial charge in [0.2, 0.25) is 0 Å². The largest absolute Gasteiger partial charge is 0.480 e. The highest BCUT2D eigenvalue weighted by Gasteiger charge is 2.18. The summed E-state index contributed by atoms with van der Waals surface area (Å²) in [5.74, 6) is -1.04. The van der Waals surface area contributed by atoms with Crippen LogP contribution in [-0.4, -0.2) is 41.7 Å². The molecule has 1 rings (SSSR count). The molecule has 0 saturated heterocycles. The van der Waals surface area contributed by atoms with Gasteiger partial charge >= 0.3 is 12.0 Å². The molecule has 2 N–H and O–H groups in total. The Kier molecular flexibility index (Phi) is 6.93. The monoisotopic (exact) mass is 296 g/mol. The lowest BCUT2D eigenvalue weighted by atomic mass is 10.3. The molecule has 110 valence electrons. The van der Waals surface area contributed by atoms with Crippen LogP contribution < -0.4 is 10.2 Å². The average molecular weight is 296 g/mol. The van der Waals surface area contributed by atoms with Crippen molar-refractivity contribution in [3.63, 3.8) is 0 Å². The molecule has 0 aliphatic rings. The summed E-state index contributed by atoms with van der Waals surface area (Å²) in [6.45, 7) is 2.26. The second-order valence-corrected chi connectivity index (χ2v) is 5.66. The van der Waals surface area contributed by atoms with Crippen molar-refractivity contribution in [3.8, 4) is 0 Å².